The summed E-state index contributed by atoms with van der Waals surface area (Å²) < 4.78 is 18.5. The lowest BCUT2D eigenvalue weighted by Gasteiger charge is -2.10. The van der Waals surface area contributed by atoms with Gasteiger partial charge in [-0.2, -0.15) is 0 Å². The number of benzene rings is 1. The van der Waals surface area contributed by atoms with Gasteiger partial charge in [-0.05, 0) is 29.8 Å². The summed E-state index contributed by atoms with van der Waals surface area (Å²) in [6.45, 7) is 0. The Bertz CT molecular complexity index is 684. The van der Waals surface area contributed by atoms with Crippen LogP contribution >= 0.6 is 11.6 Å². The zero-order valence-electron chi connectivity index (χ0n) is 9.93. The van der Waals surface area contributed by atoms with Gasteiger partial charge in [0.15, 0.2) is 5.84 Å². The van der Waals surface area contributed by atoms with Crippen LogP contribution in [0.2, 0.25) is 5.22 Å². The molecule has 1 heterocycles. The maximum atomic E-state index is 13.7. The van der Waals surface area contributed by atoms with Crippen molar-refractivity contribution in [2.75, 3.05) is 5.32 Å². The highest BCUT2D eigenvalue weighted by Crippen LogP contribution is 2.22. The number of nitrogens with one attached hydrogen (secondary N) is 1. The van der Waals surface area contributed by atoms with Crippen molar-refractivity contribution in [3.8, 4) is 0 Å². The molecule has 0 saturated heterocycles. The van der Waals surface area contributed by atoms with E-state index in [1.165, 1.54) is 24.5 Å². The van der Waals surface area contributed by atoms with E-state index in [1.807, 2.05) is 0 Å². The number of oxime groups is 1. The Kier molecular flexibility index (Phi) is 3.90. The van der Waals surface area contributed by atoms with Crippen LogP contribution in [0, 0.1) is 5.82 Å². The lowest BCUT2D eigenvalue weighted by Crippen LogP contribution is -2.20. The van der Waals surface area contributed by atoms with Crippen LogP contribution in [0.1, 0.15) is 15.9 Å². The summed E-state index contributed by atoms with van der Waals surface area (Å²) in [5, 5.41) is 13.7. The second-order valence-electron chi connectivity index (χ2n) is 3.71. The van der Waals surface area contributed by atoms with Crippen molar-refractivity contribution >= 4 is 29.0 Å². The molecule has 1 amide bonds. The van der Waals surface area contributed by atoms with Crippen molar-refractivity contribution in [3.63, 3.8) is 0 Å². The third-order valence-electron chi connectivity index (χ3n) is 2.49. The summed E-state index contributed by atoms with van der Waals surface area (Å²) in [5.74, 6) is -1.81. The van der Waals surface area contributed by atoms with E-state index in [9.17, 15) is 9.18 Å². The molecule has 0 aliphatic rings. The van der Waals surface area contributed by atoms with Crippen LogP contribution in [0.3, 0.4) is 0 Å². The van der Waals surface area contributed by atoms with Crippen LogP contribution in [-0.4, -0.2) is 17.0 Å². The molecular weight excluding hydrogens is 289 g/mol. The largest absolute Gasteiger partial charge is 0.452 e. The van der Waals surface area contributed by atoms with Gasteiger partial charge in [-0.1, -0.05) is 11.2 Å². The maximum Gasteiger partial charge on any atom is 0.260 e. The van der Waals surface area contributed by atoms with Crippen molar-refractivity contribution in [1.29, 1.82) is 0 Å². The second-order valence-corrected chi connectivity index (χ2v) is 4.05. The Morgan fingerprint density at radius 1 is 1.45 bits per heavy atom. The highest BCUT2D eigenvalue weighted by Gasteiger charge is 2.18. The average molecular weight is 298 g/mol. The monoisotopic (exact) mass is 297 g/mol. The first-order chi connectivity index (χ1) is 9.54. The zero-order valence-corrected chi connectivity index (χ0v) is 10.7. The van der Waals surface area contributed by atoms with Gasteiger partial charge in [-0.15, -0.1) is 0 Å². The first-order valence-corrected chi connectivity index (χ1v) is 5.73. The van der Waals surface area contributed by atoms with Gasteiger partial charge >= 0.3 is 0 Å². The second kappa shape index (κ2) is 5.62. The fourth-order valence-electron chi connectivity index (χ4n) is 1.58. The average Bonchev–Trinajstić information content (AvgIpc) is 2.84. The SMILES string of the molecule is N/C(=N/O)c1c(F)cccc1NC(=O)c1ccoc1Cl. The van der Waals surface area contributed by atoms with E-state index in [1.54, 1.807) is 0 Å². The molecule has 0 bridgehead atoms. The minimum absolute atomic E-state index is 0.0440. The van der Waals surface area contributed by atoms with Crippen LogP contribution < -0.4 is 11.1 Å². The van der Waals surface area contributed by atoms with E-state index < -0.39 is 17.6 Å². The summed E-state index contributed by atoms with van der Waals surface area (Å²) in [5.41, 5.74) is 5.29. The van der Waals surface area contributed by atoms with Crippen molar-refractivity contribution in [2.24, 2.45) is 10.9 Å². The van der Waals surface area contributed by atoms with Gasteiger partial charge in [0.2, 0.25) is 5.22 Å². The number of carbonyl (C=O) groups excluding carboxylic acids is 1. The number of nitrogens with zero attached hydrogens (tertiary/aromatic N) is 1. The molecule has 6 nitrogen and oxygen atoms in total. The number of nitrogens with two attached hydrogens (primary N) is 1. The molecule has 0 radical (unpaired) electrons. The molecule has 0 fully saturated rings. The summed E-state index contributed by atoms with van der Waals surface area (Å²) >= 11 is 5.67. The number of halogens is 2. The van der Waals surface area contributed by atoms with Gasteiger partial charge in [0, 0.05) is 0 Å². The van der Waals surface area contributed by atoms with Crippen molar-refractivity contribution in [2.45, 2.75) is 0 Å². The molecule has 0 aliphatic carbocycles. The fraction of sp³-hybridized carbons (Fsp3) is 0. The van der Waals surface area contributed by atoms with Gasteiger partial charge in [0.05, 0.1) is 23.1 Å². The molecule has 1 aromatic heterocycles. The number of rotatable bonds is 3. The smallest absolute Gasteiger partial charge is 0.260 e. The third-order valence-corrected chi connectivity index (χ3v) is 2.78. The lowest BCUT2D eigenvalue weighted by molar-refractivity contribution is 0.102. The van der Waals surface area contributed by atoms with E-state index >= 15 is 0 Å². The molecule has 0 aliphatic heterocycles. The molecule has 2 aromatic rings. The molecular formula is C12H9ClFN3O3. The third kappa shape index (κ3) is 2.57. The normalized spacial score (nSPS) is 11.4. The molecule has 0 atom stereocenters. The molecule has 104 valence electrons. The standard InChI is InChI=1S/C12H9ClFN3O3/c13-10-6(4-5-20-10)12(18)16-8-3-1-2-7(14)9(8)11(15)17-19/h1-5,19H,(H2,15,17)(H,16,18). The summed E-state index contributed by atoms with van der Waals surface area (Å²) in [4.78, 5) is 11.9. The maximum absolute atomic E-state index is 13.7. The Morgan fingerprint density at radius 2 is 2.20 bits per heavy atom. The molecule has 0 unspecified atom stereocenters. The van der Waals surface area contributed by atoms with E-state index in [2.05, 4.69) is 10.5 Å². The molecule has 0 saturated carbocycles. The number of amidine groups is 1. The van der Waals surface area contributed by atoms with Gasteiger partial charge in [0.25, 0.3) is 5.91 Å². The Morgan fingerprint density at radius 3 is 2.80 bits per heavy atom. The summed E-state index contributed by atoms with van der Waals surface area (Å²) in [7, 11) is 0. The first kappa shape index (κ1) is 13.9. The van der Waals surface area contributed by atoms with E-state index in [4.69, 9.17) is 27.0 Å². The van der Waals surface area contributed by atoms with Crippen molar-refractivity contribution in [1.82, 2.24) is 0 Å². The summed E-state index contributed by atoms with van der Waals surface area (Å²) in [6, 6.07) is 5.26. The van der Waals surface area contributed by atoms with Crippen LogP contribution in [0.5, 0.6) is 0 Å². The quantitative estimate of drug-likeness (QED) is 0.350. The van der Waals surface area contributed by atoms with Gasteiger partial charge in [0.1, 0.15) is 5.82 Å². The minimum Gasteiger partial charge on any atom is -0.452 e. The zero-order chi connectivity index (χ0) is 14.7. The lowest BCUT2D eigenvalue weighted by atomic mass is 10.1. The van der Waals surface area contributed by atoms with E-state index in [0.717, 1.165) is 6.07 Å². The number of carbonyl (C=O) groups is 1. The number of furan rings is 1. The van der Waals surface area contributed by atoms with E-state index in [0.29, 0.717) is 0 Å². The molecule has 8 heteroatoms. The molecule has 2 rings (SSSR count). The Hall–Kier alpha value is -2.54. The molecule has 0 spiro atoms. The highest BCUT2D eigenvalue weighted by molar-refractivity contribution is 6.32. The van der Waals surface area contributed by atoms with Gasteiger partial charge in [-0.3, -0.25) is 4.79 Å². The van der Waals surface area contributed by atoms with Crippen LogP contribution in [0.15, 0.2) is 40.1 Å². The number of hydrogen-bond donors (Lipinski definition) is 3. The van der Waals surface area contributed by atoms with Gasteiger partial charge < -0.3 is 20.7 Å². The van der Waals surface area contributed by atoms with Crippen LogP contribution in [-0.2, 0) is 0 Å². The molecule has 4 N–H and O–H groups in total. The Balaban J connectivity index is 2.38. The fourth-order valence-corrected chi connectivity index (χ4v) is 1.78. The number of hydrogen-bond acceptors (Lipinski definition) is 4. The molecule has 1 aromatic carbocycles. The summed E-state index contributed by atoms with van der Waals surface area (Å²) in [6.07, 6.45) is 1.24. The predicted molar refractivity (Wildman–Crippen MR) is 70.6 cm³/mol. The number of amides is 1. The topological polar surface area (TPSA) is 101 Å². The van der Waals surface area contributed by atoms with Crippen molar-refractivity contribution in [3.05, 3.63) is 52.7 Å². The highest BCUT2D eigenvalue weighted by atomic mass is 35.5. The Labute approximate surface area is 117 Å². The number of anilines is 1. The van der Waals surface area contributed by atoms with Crippen LogP contribution in [0.25, 0.3) is 0 Å². The van der Waals surface area contributed by atoms with Crippen molar-refractivity contribution < 1.29 is 18.8 Å². The molecule has 20 heavy (non-hydrogen) atoms. The van der Waals surface area contributed by atoms with Crippen LogP contribution in [0.4, 0.5) is 10.1 Å². The van der Waals surface area contributed by atoms with E-state index in [-0.39, 0.29) is 22.0 Å². The minimum atomic E-state index is -0.739. The first-order valence-electron chi connectivity index (χ1n) is 5.35. The predicted octanol–water partition coefficient (Wildman–Crippen LogP) is 2.42. The van der Waals surface area contributed by atoms with Gasteiger partial charge in [-0.25, -0.2) is 4.39 Å².